The molecule has 1 N–H and O–H groups in total. The number of hydrogen-bond donors (Lipinski definition) is 1. The van der Waals surface area contributed by atoms with Crippen LogP contribution < -0.4 is 5.32 Å². The van der Waals surface area contributed by atoms with Gasteiger partial charge < -0.3 is 15.0 Å². The highest BCUT2D eigenvalue weighted by atomic mass is 32.2. The van der Waals surface area contributed by atoms with Gasteiger partial charge >= 0.3 is 6.18 Å². The van der Waals surface area contributed by atoms with E-state index in [2.05, 4.69) is 0 Å². The molecule has 1 amide bonds. The Morgan fingerprint density at radius 1 is 1.43 bits per heavy atom. The number of halogens is 3. The zero-order chi connectivity index (χ0) is 16.1. The molecule has 1 rings (SSSR count). The molecule has 1 aliphatic rings. The summed E-state index contributed by atoms with van der Waals surface area (Å²) in [4.78, 5) is 13.3. The largest absolute Gasteiger partial charge is 0.401 e. The number of carbonyl (C=O) groups excluding carboxylic acids is 1. The Kier molecular flexibility index (Phi) is 6.41. The average molecular weight is 332 g/mol. The third kappa shape index (κ3) is 6.62. The number of carbonyl (C=O) groups is 1. The predicted octanol–water partition coefficient (Wildman–Crippen LogP) is -0.200. The maximum atomic E-state index is 12.0. The molecule has 6 nitrogen and oxygen atoms in total. The minimum atomic E-state index is -4.39. The van der Waals surface area contributed by atoms with Crippen molar-refractivity contribution in [3.8, 4) is 0 Å². The van der Waals surface area contributed by atoms with E-state index in [1.165, 1.54) is 12.0 Å². The van der Waals surface area contributed by atoms with E-state index in [-0.39, 0.29) is 24.7 Å². The normalized spacial score (nSPS) is 21.4. The Morgan fingerprint density at radius 3 is 2.57 bits per heavy atom. The van der Waals surface area contributed by atoms with Crippen molar-refractivity contribution in [2.75, 3.05) is 44.9 Å². The van der Waals surface area contributed by atoms with Crippen molar-refractivity contribution in [2.24, 2.45) is 0 Å². The van der Waals surface area contributed by atoms with Crippen LogP contribution in [0.1, 0.15) is 6.42 Å². The van der Waals surface area contributed by atoms with Gasteiger partial charge in [-0.1, -0.05) is 0 Å². The second kappa shape index (κ2) is 7.41. The number of sulfone groups is 1. The molecule has 21 heavy (non-hydrogen) atoms. The van der Waals surface area contributed by atoms with Gasteiger partial charge in [0, 0.05) is 19.7 Å². The quantitative estimate of drug-likeness (QED) is 0.699. The summed E-state index contributed by atoms with van der Waals surface area (Å²) in [6.45, 7) is -1.40. The van der Waals surface area contributed by atoms with Crippen LogP contribution in [0.5, 0.6) is 0 Å². The van der Waals surface area contributed by atoms with E-state index in [4.69, 9.17) is 4.74 Å². The molecule has 1 unspecified atom stereocenters. The highest BCUT2D eigenvalue weighted by Gasteiger charge is 2.34. The van der Waals surface area contributed by atoms with Gasteiger partial charge in [0.1, 0.15) is 0 Å². The molecule has 0 bridgehead atoms. The smallest absolute Gasteiger partial charge is 0.383 e. The monoisotopic (exact) mass is 332 g/mol. The maximum Gasteiger partial charge on any atom is 0.401 e. The molecule has 0 saturated carbocycles. The van der Waals surface area contributed by atoms with E-state index in [0.29, 0.717) is 6.42 Å². The van der Waals surface area contributed by atoms with E-state index in [1.54, 1.807) is 0 Å². The van der Waals surface area contributed by atoms with Crippen molar-refractivity contribution in [3.63, 3.8) is 0 Å². The Morgan fingerprint density at radius 2 is 2.10 bits per heavy atom. The number of rotatable bonds is 7. The van der Waals surface area contributed by atoms with Crippen molar-refractivity contribution in [2.45, 2.75) is 18.6 Å². The van der Waals surface area contributed by atoms with Crippen molar-refractivity contribution < 1.29 is 31.1 Å². The fourth-order valence-electron chi connectivity index (χ4n) is 2.13. The van der Waals surface area contributed by atoms with Gasteiger partial charge in [-0.2, -0.15) is 13.2 Å². The van der Waals surface area contributed by atoms with E-state index < -0.39 is 41.1 Å². The number of nitrogens with zero attached hydrogens (tertiary/aromatic N) is 1. The summed E-state index contributed by atoms with van der Waals surface area (Å²) in [5.74, 6) is -0.718. The van der Waals surface area contributed by atoms with Crippen LogP contribution in [0.25, 0.3) is 0 Å². The first-order valence-corrected chi connectivity index (χ1v) is 8.23. The van der Waals surface area contributed by atoms with Crippen LogP contribution in [-0.2, 0) is 19.4 Å². The molecule has 1 aliphatic heterocycles. The predicted molar refractivity (Wildman–Crippen MR) is 69.6 cm³/mol. The Balaban J connectivity index is 2.58. The van der Waals surface area contributed by atoms with Gasteiger partial charge in [0.25, 0.3) is 0 Å². The number of hydrogen-bond acceptors (Lipinski definition) is 5. The summed E-state index contributed by atoms with van der Waals surface area (Å²) < 4.78 is 63.8. The lowest BCUT2D eigenvalue weighted by Gasteiger charge is -2.28. The van der Waals surface area contributed by atoms with Crippen LogP contribution in [0.2, 0.25) is 0 Å². The standard InChI is InChI=1S/C11H19F3N2O4S/c1-20-4-3-16(9-2-5-21(18,19)7-9)10(17)6-15-8-11(12,13)14/h9,15H,2-8H2,1H3. The lowest BCUT2D eigenvalue weighted by Crippen LogP contribution is -2.47. The Labute approximate surface area is 121 Å². The summed E-state index contributed by atoms with van der Waals surface area (Å²) in [6.07, 6.45) is -4.09. The Bertz CT molecular complexity index is 453. The summed E-state index contributed by atoms with van der Waals surface area (Å²) >= 11 is 0. The van der Waals surface area contributed by atoms with Crippen LogP contribution in [0, 0.1) is 0 Å². The molecule has 1 heterocycles. The van der Waals surface area contributed by atoms with Crippen LogP contribution in [-0.4, -0.2) is 76.3 Å². The summed E-state index contributed by atoms with van der Waals surface area (Å²) in [5, 5.41) is 2.02. The van der Waals surface area contributed by atoms with Crippen LogP contribution in [0.15, 0.2) is 0 Å². The number of amides is 1. The first kappa shape index (κ1) is 18.2. The molecular weight excluding hydrogens is 313 g/mol. The minimum Gasteiger partial charge on any atom is -0.383 e. The van der Waals surface area contributed by atoms with Crippen LogP contribution in [0.3, 0.4) is 0 Å². The van der Waals surface area contributed by atoms with Crippen LogP contribution in [0.4, 0.5) is 13.2 Å². The molecule has 10 heteroatoms. The molecule has 0 aliphatic carbocycles. The molecule has 0 radical (unpaired) electrons. The third-order valence-electron chi connectivity index (χ3n) is 3.11. The van der Waals surface area contributed by atoms with Crippen LogP contribution >= 0.6 is 0 Å². The van der Waals surface area contributed by atoms with Gasteiger partial charge in [-0.25, -0.2) is 8.42 Å². The second-order valence-corrected chi connectivity index (χ2v) is 7.08. The molecule has 1 saturated heterocycles. The van der Waals surface area contributed by atoms with Gasteiger partial charge in [0.15, 0.2) is 9.84 Å². The number of methoxy groups -OCH3 is 1. The van der Waals surface area contributed by atoms with Crippen molar-refractivity contribution in [1.29, 1.82) is 0 Å². The third-order valence-corrected chi connectivity index (χ3v) is 4.86. The molecular formula is C11H19F3N2O4S. The SMILES string of the molecule is COCCN(C(=O)CNCC(F)(F)F)C1CCS(=O)(=O)C1. The lowest BCUT2D eigenvalue weighted by molar-refractivity contribution is -0.136. The summed E-state index contributed by atoms with van der Waals surface area (Å²) in [5.41, 5.74) is 0. The number of nitrogens with one attached hydrogen (secondary N) is 1. The molecule has 1 atom stereocenters. The lowest BCUT2D eigenvalue weighted by atomic mass is 10.2. The first-order valence-electron chi connectivity index (χ1n) is 6.41. The van der Waals surface area contributed by atoms with E-state index >= 15 is 0 Å². The molecule has 0 spiro atoms. The van der Waals surface area contributed by atoms with Gasteiger partial charge in [0.2, 0.25) is 5.91 Å². The molecule has 124 valence electrons. The minimum absolute atomic E-state index is 0.00952. The highest BCUT2D eigenvalue weighted by molar-refractivity contribution is 7.91. The Hall–Kier alpha value is -0.870. The van der Waals surface area contributed by atoms with Crippen molar-refractivity contribution >= 4 is 15.7 Å². The second-order valence-electron chi connectivity index (χ2n) is 4.86. The molecule has 0 aromatic carbocycles. The maximum absolute atomic E-state index is 12.0. The first-order chi connectivity index (χ1) is 9.64. The topological polar surface area (TPSA) is 75.7 Å². The van der Waals surface area contributed by atoms with Gasteiger partial charge in [-0.3, -0.25) is 4.79 Å². The number of ether oxygens (including phenoxy) is 1. The fraction of sp³-hybridized carbons (Fsp3) is 0.909. The van der Waals surface area contributed by atoms with Gasteiger partial charge in [0.05, 0.1) is 31.2 Å². The summed E-state index contributed by atoms with van der Waals surface area (Å²) in [6, 6.07) is -0.495. The van der Waals surface area contributed by atoms with E-state index in [9.17, 15) is 26.4 Å². The molecule has 0 aromatic rings. The highest BCUT2D eigenvalue weighted by Crippen LogP contribution is 2.18. The number of alkyl halides is 3. The van der Waals surface area contributed by atoms with Gasteiger partial charge in [-0.05, 0) is 6.42 Å². The van der Waals surface area contributed by atoms with Crippen molar-refractivity contribution in [3.05, 3.63) is 0 Å². The zero-order valence-corrected chi connectivity index (χ0v) is 12.5. The average Bonchev–Trinajstić information content (AvgIpc) is 2.68. The fourth-order valence-corrected chi connectivity index (χ4v) is 3.87. The zero-order valence-electron chi connectivity index (χ0n) is 11.6. The molecule has 0 aromatic heterocycles. The van der Waals surface area contributed by atoms with E-state index in [0.717, 1.165) is 0 Å². The summed E-state index contributed by atoms with van der Waals surface area (Å²) in [7, 11) is -1.75. The molecule has 1 fully saturated rings. The van der Waals surface area contributed by atoms with Gasteiger partial charge in [-0.15, -0.1) is 0 Å². The van der Waals surface area contributed by atoms with Crippen molar-refractivity contribution in [1.82, 2.24) is 10.2 Å². The van der Waals surface area contributed by atoms with E-state index in [1.807, 2.05) is 5.32 Å².